The molecule has 0 fully saturated rings. The first-order valence-corrected chi connectivity index (χ1v) is 8.83. The molecule has 1 N–H and O–H groups in total. The highest BCUT2D eigenvalue weighted by molar-refractivity contribution is 7.91. The van der Waals surface area contributed by atoms with Crippen LogP contribution in [0.25, 0.3) is 0 Å². The van der Waals surface area contributed by atoms with Crippen molar-refractivity contribution in [2.24, 2.45) is 0 Å². The first kappa shape index (κ1) is 16.9. The molecule has 0 aliphatic heterocycles. The largest absolute Gasteiger partial charge is 0.397 e. The van der Waals surface area contributed by atoms with Crippen LogP contribution in [0.4, 0.5) is 5.69 Å². The summed E-state index contributed by atoms with van der Waals surface area (Å²) in [6.07, 6.45) is 0. The van der Waals surface area contributed by atoms with Gasteiger partial charge >= 0.3 is 10.4 Å². The molecule has 0 radical (unpaired) electrons. The molecule has 1 aromatic rings. The van der Waals surface area contributed by atoms with E-state index in [1.54, 1.807) is 12.1 Å². The van der Waals surface area contributed by atoms with Gasteiger partial charge in [0.25, 0.3) is 0 Å². The second kappa shape index (κ2) is 6.53. The van der Waals surface area contributed by atoms with E-state index in [4.69, 9.17) is 4.55 Å². The predicted octanol–water partition coefficient (Wildman–Crippen LogP) is 0.736. The zero-order valence-electron chi connectivity index (χ0n) is 11.2. The van der Waals surface area contributed by atoms with Gasteiger partial charge in [-0.2, -0.15) is 8.42 Å². The van der Waals surface area contributed by atoms with Gasteiger partial charge < -0.3 is 4.90 Å². The van der Waals surface area contributed by atoms with Crippen LogP contribution in [0.5, 0.6) is 0 Å². The molecule has 0 unspecified atom stereocenters. The number of benzene rings is 1. The zero-order chi connectivity index (χ0) is 15.4. The lowest BCUT2D eigenvalue weighted by Gasteiger charge is -2.16. The Morgan fingerprint density at radius 3 is 2.15 bits per heavy atom. The molecule has 20 heavy (non-hydrogen) atoms. The number of hydrogen-bond acceptors (Lipinski definition) is 6. The maximum Gasteiger partial charge on any atom is 0.397 e. The van der Waals surface area contributed by atoms with E-state index in [1.807, 2.05) is 18.9 Å². The van der Waals surface area contributed by atoms with Crippen LogP contribution in [0.3, 0.4) is 0 Å². The summed E-state index contributed by atoms with van der Waals surface area (Å²) >= 11 is 0. The van der Waals surface area contributed by atoms with Crippen LogP contribution in [0.15, 0.2) is 29.2 Å². The highest BCUT2D eigenvalue weighted by atomic mass is 32.3. The Labute approximate surface area is 119 Å². The Kier molecular flexibility index (Phi) is 5.51. The maximum atomic E-state index is 11.9. The van der Waals surface area contributed by atoms with Crippen molar-refractivity contribution in [1.29, 1.82) is 0 Å². The SMILES string of the molecule is CCN(C)c1ccc(S(=O)(=O)CCOS(=O)(=O)O)cc1. The molecule has 0 atom stereocenters. The summed E-state index contributed by atoms with van der Waals surface area (Å²) in [5.41, 5.74) is 0.876. The Morgan fingerprint density at radius 1 is 1.15 bits per heavy atom. The van der Waals surface area contributed by atoms with E-state index in [2.05, 4.69) is 4.18 Å². The molecule has 7 nitrogen and oxygen atoms in total. The minimum Gasteiger partial charge on any atom is -0.375 e. The molecule has 0 saturated carbocycles. The van der Waals surface area contributed by atoms with Crippen molar-refractivity contribution < 1.29 is 25.6 Å². The summed E-state index contributed by atoms with van der Waals surface area (Å²) < 4.78 is 56.8. The molecule has 0 aliphatic rings. The zero-order valence-corrected chi connectivity index (χ0v) is 12.8. The fourth-order valence-electron chi connectivity index (χ4n) is 1.46. The van der Waals surface area contributed by atoms with Crippen molar-refractivity contribution >= 4 is 25.9 Å². The topological polar surface area (TPSA) is 101 Å². The Balaban J connectivity index is 2.78. The summed E-state index contributed by atoms with van der Waals surface area (Å²) in [4.78, 5) is 2.02. The van der Waals surface area contributed by atoms with Gasteiger partial charge in [-0.3, -0.25) is 4.55 Å². The van der Waals surface area contributed by atoms with Crippen LogP contribution in [-0.2, 0) is 24.4 Å². The predicted molar refractivity (Wildman–Crippen MR) is 74.9 cm³/mol. The molecule has 0 aromatic heterocycles. The molecule has 0 aliphatic carbocycles. The van der Waals surface area contributed by atoms with Gasteiger partial charge in [0.05, 0.1) is 17.3 Å². The van der Waals surface area contributed by atoms with Gasteiger partial charge in [-0.05, 0) is 31.2 Å². The molecule has 0 saturated heterocycles. The number of anilines is 1. The van der Waals surface area contributed by atoms with Crippen molar-refractivity contribution in [3.05, 3.63) is 24.3 Å². The molecule has 9 heteroatoms. The first-order chi connectivity index (χ1) is 9.15. The molecule has 0 spiro atoms. The van der Waals surface area contributed by atoms with E-state index in [1.165, 1.54) is 12.1 Å². The summed E-state index contributed by atoms with van der Waals surface area (Å²) in [6.45, 7) is 2.13. The number of sulfone groups is 1. The molecule has 114 valence electrons. The minimum atomic E-state index is -4.62. The maximum absolute atomic E-state index is 11.9. The van der Waals surface area contributed by atoms with Gasteiger partial charge in [0.2, 0.25) is 0 Å². The molecule has 0 bridgehead atoms. The molecular formula is C11H17NO6S2. The molecule has 0 amide bonds. The smallest absolute Gasteiger partial charge is 0.375 e. The average molecular weight is 323 g/mol. The second-order valence-electron chi connectivity index (χ2n) is 4.08. The van der Waals surface area contributed by atoms with Crippen LogP contribution in [-0.4, -0.2) is 47.3 Å². The monoisotopic (exact) mass is 323 g/mol. The Morgan fingerprint density at radius 2 is 1.70 bits per heavy atom. The molecule has 1 aromatic carbocycles. The highest BCUT2D eigenvalue weighted by Gasteiger charge is 2.16. The standard InChI is InChI=1S/C11H17NO6S2/c1-3-12(2)10-4-6-11(7-5-10)19(13,14)9-8-18-20(15,16)17/h4-7H,3,8-9H2,1-2H3,(H,15,16,17). The second-order valence-corrected chi connectivity index (χ2v) is 7.28. The third-order valence-corrected chi connectivity index (χ3v) is 4.85. The van der Waals surface area contributed by atoms with Crippen LogP contribution >= 0.6 is 0 Å². The molecule has 1 rings (SSSR count). The minimum absolute atomic E-state index is 0.0738. The summed E-state index contributed by atoms with van der Waals surface area (Å²) in [7, 11) is -6.39. The fraction of sp³-hybridized carbons (Fsp3) is 0.455. The van der Waals surface area contributed by atoms with Crippen LogP contribution in [0.2, 0.25) is 0 Å². The van der Waals surface area contributed by atoms with Gasteiger partial charge in [0, 0.05) is 19.3 Å². The van der Waals surface area contributed by atoms with Crippen molar-refractivity contribution in [1.82, 2.24) is 0 Å². The van der Waals surface area contributed by atoms with Gasteiger partial charge in [0.1, 0.15) is 0 Å². The van der Waals surface area contributed by atoms with E-state index < -0.39 is 32.6 Å². The van der Waals surface area contributed by atoms with Crippen molar-refractivity contribution in [3.8, 4) is 0 Å². The Hall–Kier alpha value is -1.16. The van der Waals surface area contributed by atoms with Gasteiger partial charge in [-0.25, -0.2) is 12.6 Å². The van der Waals surface area contributed by atoms with E-state index in [9.17, 15) is 16.8 Å². The van der Waals surface area contributed by atoms with Crippen molar-refractivity contribution in [2.45, 2.75) is 11.8 Å². The first-order valence-electron chi connectivity index (χ1n) is 5.81. The van der Waals surface area contributed by atoms with Gasteiger partial charge in [-0.15, -0.1) is 0 Å². The third-order valence-electron chi connectivity index (χ3n) is 2.70. The van der Waals surface area contributed by atoms with E-state index in [0.717, 1.165) is 12.2 Å². The molecule has 0 heterocycles. The van der Waals surface area contributed by atoms with E-state index in [0.29, 0.717) is 0 Å². The number of hydrogen-bond donors (Lipinski definition) is 1. The lowest BCUT2D eigenvalue weighted by atomic mass is 10.3. The highest BCUT2D eigenvalue weighted by Crippen LogP contribution is 2.17. The summed E-state index contributed by atoms with van der Waals surface area (Å²) in [5.74, 6) is -0.532. The van der Waals surface area contributed by atoms with Crippen molar-refractivity contribution in [2.75, 3.05) is 30.9 Å². The quantitative estimate of drug-likeness (QED) is 0.738. The van der Waals surface area contributed by atoms with E-state index in [-0.39, 0.29) is 4.90 Å². The summed E-state index contributed by atoms with van der Waals surface area (Å²) in [6, 6.07) is 6.23. The Bertz CT molecular complexity index is 636. The van der Waals surface area contributed by atoms with E-state index >= 15 is 0 Å². The number of rotatable bonds is 7. The van der Waals surface area contributed by atoms with Crippen LogP contribution in [0.1, 0.15) is 6.92 Å². The fourth-order valence-corrected chi connectivity index (χ4v) is 2.95. The number of nitrogens with zero attached hydrogens (tertiary/aromatic N) is 1. The van der Waals surface area contributed by atoms with Crippen LogP contribution in [0, 0.1) is 0 Å². The average Bonchev–Trinajstić information content (AvgIpc) is 2.36. The van der Waals surface area contributed by atoms with Gasteiger partial charge in [0.15, 0.2) is 9.84 Å². The lowest BCUT2D eigenvalue weighted by molar-refractivity contribution is 0.284. The lowest BCUT2D eigenvalue weighted by Crippen LogP contribution is -2.17. The molecular weight excluding hydrogens is 306 g/mol. The van der Waals surface area contributed by atoms with Crippen molar-refractivity contribution in [3.63, 3.8) is 0 Å². The normalized spacial score (nSPS) is 12.3. The summed E-state index contributed by atoms with van der Waals surface area (Å²) in [5, 5.41) is 0. The van der Waals surface area contributed by atoms with Gasteiger partial charge in [-0.1, -0.05) is 0 Å². The van der Waals surface area contributed by atoms with Crippen LogP contribution < -0.4 is 4.90 Å². The third kappa shape index (κ3) is 5.08.